The predicted octanol–water partition coefficient (Wildman–Crippen LogP) is 3.91. The monoisotopic (exact) mass is 218 g/mol. The summed E-state index contributed by atoms with van der Waals surface area (Å²) in [5.74, 6) is 0. The van der Waals surface area contributed by atoms with Crippen LogP contribution in [-0.2, 0) is 9.47 Å². The first-order chi connectivity index (χ1) is 7.69. The summed E-state index contributed by atoms with van der Waals surface area (Å²) in [6.45, 7) is 11.1. The van der Waals surface area contributed by atoms with Gasteiger partial charge in [-0.15, -0.1) is 0 Å². The van der Waals surface area contributed by atoms with Crippen LogP contribution in [0.1, 0.15) is 31.1 Å². The second kappa shape index (κ2) is 6.13. The summed E-state index contributed by atoms with van der Waals surface area (Å²) >= 11 is 0. The zero-order chi connectivity index (χ0) is 12.0. The van der Waals surface area contributed by atoms with E-state index in [4.69, 9.17) is 9.47 Å². The molecule has 0 bridgehead atoms. The van der Waals surface area contributed by atoms with E-state index in [1.807, 2.05) is 44.2 Å². The highest BCUT2D eigenvalue weighted by Crippen LogP contribution is 2.23. The molecule has 0 saturated carbocycles. The molecule has 1 rings (SSSR count). The lowest BCUT2D eigenvalue weighted by atomic mass is 10.0. The van der Waals surface area contributed by atoms with Gasteiger partial charge in [-0.3, -0.25) is 0 Å². The van der Waals surface area contributed by atoms with Gasteiger partial charge >= 0.3 is 0 Å². The molecule has 0 aliphatic heterocycles. The minimum atomic E-state index is -0.301. The Kier molecular flexibility index (Phi) is 4.80. The maximum absolute atomic E-state index is 5.68. The molecule has 2 atom stereocenters. The van der Waals surface area contributed by atoms with Crippen molar-refractivity contribution >= 4 is 6.08 Å². The van der Waals surface area contributed by atoms with Crippen molar-refractivity contribution in [2.45, 2.75) is 26.2 Å². The van der Waals surface area contributed by atoms with Crippen molar-refractivity contribution in [2.24, 2.45) is 0 Å². The van der Waals surface area contributed by atoms with Crippen molar-refractivity contribution < 1.29 is 9.47 Å². The van der Waals surface area contributed by atoms with Gasteiger partial charge in [-0.05, 0) is 25.0 Å². The van der Waals surface area contributed by atoms with E-state index in [1.165, 1.54) is 6.26 Å². The van der Waals surface area contributed by atoms with E-state index in [0.717, 1.165) is 11.1 Å². The van der Waals surface area contributed by atoms with E-state index >= 15 is 0 Å². The number of hydrogen-bond acceptors (Lipinski definition) is 2. The lowest BCUT2D eigenvalue weighted by Gasteiger charge is -2.20. The summed E-state index contributed by atoms with van der Waals surface area (Å²) in [5, 5.41) is 0. The summed E-state index contributed by atoms with van der Waals surface area (Å²) in [6, 6.07) is 8.02. The van der Waals surface area contributed by atoms with E-state index in [9.17, 15) is 0 Å². The zero-order valence-electron chi connectivity index (χ0n) is 9.85. The second-order valence-electron chi connectivity index (χ2n) is 3.48. The molecule has 0 saturated heterocycles. The summed E-state index contributed by atoms with van der Waals surface area (Å²) in [7, 11) is 0. The average molecular weight is 218 g/mol. The van der Waals surface area contributed by atoms with Crippen LogP contribution in [-0.4, -0.2) is 6.29 Å². The number of hydrogen-bond donors (Lipinski definition) is 0. The molecular weight excluding hydrogens is 200 g/mol. The number of rotatable bonds is 6. The molecule has 0 radical (unpaired) electrons. The molecule has 2 nitrogen and oxygen atoms in total. The van der Waals surface area contributed by atoms with Gasteiger partial charge in [0.15, 0.2) is 6.29 Å². The highest BCUT2D eigenvalue weighted by Gasteiger charge is 2.12. The van der Waals surface area contributed by atoms with Gasteiger partial charge in [-0.1, -0.05) is 43.5 Å². The Morgan fingerprint density at radius 1 is 1.19 bits per heavy atom. The van der Waals surface area contributed by atoms with Crippen molar-refractivity contribution in [3.63, 3.8) is 0 Å². The smallest absolute Gasteiger partial charge is 0.196 e. The average Bonchev–Trinajstić information content (AvgIpc) is 2.29. The highest BCUT2D eigenvalue weighted by molar-refractivity contribution is 5.52. The fraction of sp³-hybridized carbons (Fsp3) is 0.286. The van der Waals surface area contributed by atoms with E-state index in [-0.39, 0.29) is 12.4 Å². The van der Waals surface area contributed by atoms with Crippen molar-refractivity contribution in [3.05, 3.63) is 54.8 Å². The Hall–Kier alpha value is -1.54. The third-order valence-corrected chi connectivity index (χ3v) is 2.34. The van der Waals surface area contributed by atoms with Gasteiger partial charge in [-0.25, -0.2) is 0 Å². The third-order valence-electron chi connectivity index (χ3n) is 2.34. The molecule has 2 heteroatoms. The molecule has 0 heterocycles. The Morgan fingerprint density at radius 2 is 1.88 bits per heavy atom. The molecule has 1 aromatic carbocycles. The van der Waals surface area contributed by atoms with Crippen LogP contribution in [0, 0.1) is 0 Å². The molecule has 0 N–H and O–H groups in total. The topological polar surface area (TPSA) is 18.5 Å². The molecule has 0 aliphatic rings. The SMILES string of the molecule is C=COC(C)OC(C)c1ccccc1C=C. The number of benzene rings is 1. The Morgan fingerprint density at radius 3 is 2.50 bits per heavy atom. The molecule has 0 amide bonds. The standard InChI is InChI=1S/C14H18O2/c1-5-13-9-7-8-10-14(13)11(3)16-12(4)15-6-2/h5-12H,1-2H2,3-4H3. The molecule has 0 aromatic heterocycles. The predicted molar refractivity (Wildman–Crippen MR) is 66.8 cm³/mol. The zero-order valence-corrected chi connectivity index (χ0v) is 9.85. The van der Waals surface area contributed by atoms with Crippen molar-refractivity contribution in [1.82, 2.24) is 0 Å². The lowest BCUT2D eigenvalue weighted by Crippen LogP contribution is -2.13. The van der Waals surface area contributed by atoms with E-state index in [1.54, 1.807) is 0 Å². The van der Waals surface area contributed by atoms with Crippen LogP contribution in [0.3, 0.4) is 0 Å². The molecule has 2 unspecified atom stereocenters. The normalized spacial score (nSPS) is 13.9. The van der Waals surface area contributed by atoms with Crippen molar-refractivity contribution in [1.29, 1.82) is 0 Å². The van der Waals surface area contributed by atoms with Crippen LogP contribution in [0.4, 0.5) is 0 Å². The number of ether oxygens (including phenoxy) is 2. The van der Waals surface area contributed by atoms with Gasteiger partial charge in [0, 0.05) is 0 Å². The lowest BCUT2D eigenvalue weighted by molar-refractivity contribution is -0.125. The molecular formula is C14H18O2. The van der Waals surface area contributed by atoms with E-state index < -0.39 is 0 Å². The van der Waals surface area contributed by atoms with Crippen LogP contribution < -0.4 is 0 Å². The molecule has 1 aromatic rings. The molecule has 0 fully saturated rings. The van der Waals surface area contributed by atoms with Crippen LogP contribution in [0.25, 0.3) is 6.08 Å². The van der Waals surface area contributed by atoms with Gasteiger partial charge in [0.1, 0.15) is 0 Å². The Bertz CT molecular complexity index is 358. The van der Waals surface area contributed by atoms with Crippen LogP contribution in [0.15, 0.2) is 43.7 Å². The van der Waals surface area contributed by atoms with Gasteiger partial charge < -0.3 is 9.47 Å². The highest BCUT2D eigenvalue weighted by atomic mass is 16.7. The second-order valence-corrected chi connectivity index (χ2v) is 3.48. The minimum absolute atomic E-state index is 0.0378. The van der Waals surface area contributed by atoms with Gasteiger partial charge in [0.05, 0.1) is 12.4 Å². The first-order valence-electron chi connectivity index (χ1n) is 5.32. The molecule has 0 aliphatic carbocycles. The summed E-state index contributed by atoms with van der Waals surface area (Å²) < 4.78 is 10.8. The van der Waals surface area contributed by atoms with Gasteiger partial charge in [0.2, 0.25) is 0 Å². The first-order valence-corrected chi connectivity index (χ1v) is 5.32. The fourth-order valence-electron chi connectivity index (χ4n) is 1.60. The Balaban J connectivity index is 2.75. The summed E-state index contributed by atoms with van der Waals surface area (Å²) in [5.41, 5.74) is 2.19. The fourth-order valence-corrected chi connectivity index (χ4v) is 1.60. The van der Waals surface area contributed by atoms with Gasteiger partial charge in [0.25, 0.3) is 0 Å². The molecule has 0 spiro atoms. The third kappa shape index (κ3) is 3.24. The Labute approximate surface area is 97.2 Å². The van der Waals surface area contributed by atoms with E-state index in [2.05, 4.69) is 13.2 Å². The van der Waals surface area contributed by atoms with Crippen molar-refractivity contribution in [3.8, 4) is 0 Å². The summed E-state index contributed by atoms with van der Waals surface area (Å²) in [6.07, 6.45) is 2.87. The molecule has 16 heavy (non-hydrogen) atoms. The van der Waals surface area contributed by atoms with Crippen LogP contribution >= 0.6 is 0 Å². The van der Waals surface area contributed by atoms with Crippen LogP contribution in [0.5, 0.6) is 0 Å². The largest absolute Gasteiger partial charge is 0.473 e. The molecule has 86 valence electrons. The maximum Gasteiger partial charge on any atom is 0.196 e. The van der Waals surface area contributed by atoms with Gasteiger partial charge in [-0.2, -0.15) is 0 Å². The minimum Gasteiger partial charge on any atom is -0.473 e. The quantitative estimate of drug-likeness (QED) is 0.532. The summed E-state index contributed by atoms with van der Waals surface area (Å²) in [4.78, 5) is 0. The first kappa shape index (κ1) is 12.5. The van der Waals surface area contributed by atoms with Crippen molar-refractivity contribution in [2.75, 3.05) is 0 Å². The maximum atomic E-state index is 5.68. The van der Waals surface area contributed by atoms with Crippen LogP contribution in [0.2, 0.25) is 0 Å². The van der Waals surface area contributed by atoms with E-state index in [0.29, 0.717) is 0 Å².